The topological polar surface area (TPSA) is 33.6 Å². The molecule has 328 valence electrons. The minimum atomic E-state index is -4.65. The summed E-state index contributed by atoms with van der Waals surface area (Å²) in [7, 11) is 0. The number of rotatable bonds is 7. The molecule has 0 N–H and O–H groups in total. The van der Waals surface area contributed by atoms with Gasteiger partial charge in [-0.1, -0.05) is 158 Å². The standard InChI is InChI=1S/C63H40F3N3/c1-40-15-14-24-55(63(64,65)66)62(40)49-37-60(68-56-29-25-45(41-16-6-2-7-17-41)33-50(56)51-34-46(26-30-57(51)68)42-18-8-3-9-19-42)54(39-67)61(38-49)69-58-31-27-47(43-20-10-4-11-21-43)35-52(58)53-36-48(28-32-59(53)69)44-22-12-5-13-23-44/h2-38H,1H3. The quantitative estimate of drug-likeness (QED) is 0.157. The Balaban J connectivity index is 1.21. The van der Waals surface area contributed by atoms with E-state index >= 15 is 13.2 Å². The van der Waals surface area contributed by atoms with E-state index in [1.807, 2.05) is 72.8 Å². The molecule has 0 saturated carbocycles. The summed E-state index contributed by atoms with van der Waals surface area (Å²) in [5.41, 5.74) is 13.0. The van der Waals surface area contributed by atoms with Gasteiger partial charge in [-0.15, -0.1) is 0 Å². The predicted octanol–water partition coefficient (Wildman–Crippen LogP) is 17.4. The van der Waals surface area contributed by atoms with E-state index in [0.29, 0.717) is 28.1 Å². The van der Waals surface area contributed by atoms with Crippen LogP contribution in [0.3, 0.4) is 0 Å². The number of halogens is 3. The molecule has 0 aliphatic carbocycles. The summed E-state index contributed by atoms with van der Waals surface area (Å²) in [6.07, 6.45) is -4.65. The summed E-state index contributed by atoms with van der Waals surface area (Å²) >= 11 is 0. The molecule has 12 rings (SSSR count). The summed E-state index contributed by atoms with van der Waals surface area (Å²) in [6, 6.07) is 76.6. The first kappa shape index (κ1) is 41.5. The van der Waals surface area contributed by atoms with E-state index in [4.69, 9.17) is 0 Å². The molecule has 2 aromatic heterocycles. The van der Waals surface area contributed by atoms with Gasteiger partial charge in [-0.2, -0.15) is 18.4 Å². The molecule has 0 aliphatic heterocycles. The molecule has 0 fully saturated rings. The number of nitriles is 1. The predicted molar refractivity (Wildman–Crippen MR) is 277 cm³/mol. The van der Waals surface area contributed by atoms with Gasteiger partial charge in [0.15, 0.2) is 0 Å². The van der Waals surface area contributed by atoms with E-state index in [-0.39, 0.29) is 5.56 Å². The van der Waals surface area contributed by atoms with Crippen molar-refractivity contribution in [2.24, 2.45) is 0 Å². The highest BCUT2D eigenvalue weighted by Crippen LogP contribution is 2.46. The van der Waals surface area contributed by atoms with Gasteiger partial charge in [0, 0.05) is 21.5 Å². The van der Waals surface area contributed by atoms with E-state index < -0.39 is 11.7 Å². The van der Waals surface area contributed by atoms with Crippen LogP contribution < -0.4 is 0 Å². The Bertz CT molecular complexity index is 3580. The molecule has 0 amide bonds. The van der Waals surface area contributed by atoms with Crippen molar-refractivity contribution >= 4 is 43.6 Å². The van der Waals surface area contributed by atoms with Crippen LogP contribution in [0.5, 0.6) is 0 Å². The first-order valence-corrected chi connectivity index (χ1v) is 22.9. The monoisotopic (exact) mass is 895 g/mol. The highest BCUT2D eigenvalue weighted by molar-refractivity contribution is 6.14. The molecule has 0 aliphatic rings. The van der Waals surface area contributed by atoms with E-state index in [1.165, 1.54) is 6.07 Å². The number of hydrogen-bond donors (Lipinski definition) is 0. The van der Waals surface area contributed by atoms with Crippen molar-refractivity contribution in [1.82, 2.24) is 9.13 Å². The molecule has 69 heavy (non-hydrogen) atoms. The van der Waals surface area contributed by atoms with Gasteiger partial charge in [-0.05, 0) is 135 Å². The van der Waals surface area contributed by atoms with Gasteiger partial charge in [0.2, 0.25) is 0 Å². The van der Waals surface area contributed by atoms with Gasteiger partial charge >= 0.3 is 6.18 Å². The second-order valence-electron chi connectivity index (χ2n) is 17.6. The number of aromatic nitrogens is 2. The molecular formula is C63H40F3N3. The highest BCUT2D eigenvalue weighted by atomic mass is 19.4. The van der Waals surface area contributed by atoms with Crippen LogP contribution in [-0.2, 0) is 6.18 Å². The third-order valence-electron chi connectivity index (χ3n) is 13.5. The summed E-state index contributed by atoms with van der Waals surface area (Å²) < 4.78 is 50.0. The van der Waals surface area contributed by atoms with E-state index in [2.05, 4.69) is 137 Å². The third kappa shape index (κ3) is 7.06. The minimum absolute atomic E-state index is 0.0639. The van der Waals surface area contributed by atoms with Crippen molar-refractivity contribution in [2.75, 3.05) is 0 Å². The van der Waals surface area contributed by atoms with Crippen LogP contribution in [0.2, 0.25) is 0 Å². The van der Waals surface area contributed by atoms with Crippen molar-refractivity contribution < 1.29 is 13.2 Å². The van der Waals surface area contributed by atoms with Crippen molar-refractivity contribution in [3.63, 3.8) is 0 Å². The maximum Gasteiger partial charge on any atom is 0.417 e. The summed E-state index contributed by atoms with van der Waals surface area (Å²) in [4.78, 5) is 0. The fraction of sp³-hybridized carbons (Fsp3) is 0.0317. The van der Waals surface area contributed by atoms with Crippen LogP contribution in [-0.4, -0.2) is 9.13 Å². The average Bonchev–Trinajstić information content (AvgIpc) is 3.90. The maximum absolute atomic E-state index is 15.3. The van der Waals surface area contributed by atoms with Crippen LogP contribution >= 0.6 is 0 Å². The Morgan fingerprint density at radius 1 is 0.362 bits per heavy atom. The molecule has 0 unspecified atom stereocenters. The maximum atomic E-state index is 15.3. The smallest absolute Gasteiger partial charge is 0.308 e. The molecule has 3 nitrogen and oxygen atoms in total. The lowest BCUT2D eigenvalue weighted by Crippen LogP contribution is -2.10. The molecule has 2 heterocycles. The van der Waals surface area contributed by atoms with Gasteiger partial charge in [0.25, 0.3) is 0 Å². The fourth-order valence-electron chi connectivity index (χ4n) is 10.3. The van der Waals surface area contributed by atoms with Crippen molar-refractivity contribution in [3.05, 3.63) is 241 Å². The summed E-state index contributed by atoms with van der Waals surface area (Å²) in [5.74, 6) is 0. The van der Waals surface area contributed by atoms with E-state index in [0.717, 1.165) is 94.2 Å². The normalized spacial score (nSPS) is 11.8. The number of nitrogens with zero attached hydrogens (tertiary/aromatic N) is 3. The molecule has 0 bridgehead atoms. The Kier molecular flexibility index (Phi) is 9.89. The number of benzene rings is 10. The summed E-state index contributed by atoms with van der Waals surface area (Å²) in [5, 5.41) is 15.5. The first-order valence-electron chi connectivity index (χ1n) is 22.9. The molecule has 0 spiro atoms. The fourth-order valence-corrected chi connectivity index (χ4v) is 10.3. The van der Waals surface area contributed by atoms with E-state index in [9.17, 15) is 5.26 Å². The number of alkyl halides is 3. The molecular weight excluding hydrogens is 856 g/mol. The number of hydrogen-bond acceptors (Lipinski definition) is 1. The van der Waals surface area contributed by atoms with Gasteiger partial charge in [0.05, 0.1) is 39.0 Å². The van der Waals surface area contributed by atoms with Crippen LogP contribution in [0.15, 0.2) is 224 Å². The third-order valence-corrected chi connectivity index (χ3v) is 13.5. The Morgan fingerprint density at radius 2 is 0.696 bits per heavy atom. The second kappa shape index (κ2) is 16.4. The summed E-state index contributed by atoms with van der Waals surface area (Å²) in [6.45, 7) is 1.72. The minimum Gasteiger partial charge on any atom is -0.308 e. The van der Waals surface area contributed by atoms with Crippen molar-refractivity contribution in [3.8, 4) is 73.1 Å². The number of fused-ring (bicyclic) bond motifs is 6. The SMILES string of the molecule is Cc1cccc(C(F)(F)F)c1-c1cc(-n2c3ccc(-c4ccccc4)cc3c3cc(-c4ccccc4)ccc32)c(C#N)c(-n2c3ccc(-c4ccccc4)cc3c3cc(-c4ccccc4)ccc32)c1. The molecule has 6 heteroatoms. The Hall–Kier alpha value is -8.92. The van der Waals surface area contributed by atoms with Crippen molar-refractivity contribution in [1.29, 1.82) is 5.26 Å². The largest absolute Gasteiger partial charge is 0.417 e. The van der Waals surface area contributed by atoms with Crippen LogP contribution in [0.1, 0.15) is 16.7 Å². The molecule has 0 radical (unpaired) electrons. The molecule has 12 aromatic rings. The lowest BCUT2D eigenvalue weighted by atomic mass is 9.92. The van der Waals surface area contributed by atoms with Crippen LogP contribution in [0.4, 0.5) is 13.2 Å². The van der Waals surface area contributed by atoms with Gasteiger partial charge in [0.1, 0.15) is 11.6 Å². The Labute approximate surface area is 396 Å². The van der Waals surface area contributed by atoms with Gasteiger partial charge in [-0.3, -0.25) is 0 Å². The zero-order valence-electron chi connectivity index (χ0n) is 37.3. The lowest BCUT2D eigenvalue weighted by Gasteiger charge is -2.21. The molecule has 0 saturated heterocycles. The van der Waals surface area contributed by atoms with E-state index in [1.54, 1.807) is 25.1 Å². The average molecular weight is 896 g/mol. The highest BCUT2D eigenvalue weighted by Gasteiger charge is 2.35. The molecule has 10 aromatic carbocycles. The molecule has 0 atom stereocenters. The van der Waals surface area contributed by atoms with Crippen LogP contribution in [0.25, 0.3) is 111 Å². The van der Waals surface area contributed by atoms with Crippen molar-refractivity contribution in [2.45, 2.75) is 13.1 Å². The van der Waals surface area contributed by atoms with Crippen LogP contribution in [0, 0.1) is 18.3 Å². The Morgan fingerprint density at radius 3 is 1.00 bits per heavy atom. The van der Waals surface area contributed by atoms with Gasteiger partial charge < -0.3 is 9.13 Å². The zero-order valence-corrected chi connectivity index (χ0v) is 37.3. The second-order valence-corrected chi connectivity index (χ2v) is 17.6. The lowest BCUT2D eigenvalue weighted by molar-refractivity contribution is -0.137. The van der Waals surface area contributed by atoms with Gasteiger partial charge in [-0.25, -0.2) is 0 Å². The first-order chi connectivity index (χ1) is 33.7. The zero-order chi connectivity index (χ0) is 46.8. The number of aryl methyl sites for hydroxylation is 1.